The van der Waals surface area contributed by atoms with E-state index in [0.29, 0.717) is 5.13 Å². The Labute approximate surface area is 174 Å². The van der Waals surface area contributed by atoms with E-state index in [9.17, 15) is 17.6 Å². The minimum Gasteiger partial charge on any atom is -0.302 e. The molecule has 0 aliphatic heterocycles. The molecule has 1 N–H and O–H groups in total. The first-order valence-electron chi connectivity index (χ1n) is 8.33. The number of carbonyl (C=O) groups excluding carboxylic acids is 1. The van der Waals surface area contributed by atoms with Crippen molar-refractivity contribution in [2.24, 2.45) is 0 Å². The fraction of sp³-hybridized carbons (Fsp3) is 0.158. The van der Waals surface area contributed by atoms with Gasteiger partial charge in [0.15, 0.2) is 15.0 Å². The lowest BCUT2D eigenvalue weighted by molar-refractivity contribution is -0.116. The van der Waals surface area contributed by atoms with Gasteiger partial charge in [-0.25, -0.2) is 17.8 Å². The Balaban J connectivity index is 1.52. The summed E-state index contributed by atoms with van der Waals surface area (Å²) in [5.41, 5.74) is 1.69. The molecule has 0 radical (unpaired) electrons. The maximum atomic E-state index is 12.9. The number of aromatic nitrogens is 1. The first-order valence-corrected chi connectivity index (χ1v) is 11.7. The van der Waals surface area contributed by atoms with Crippen molar-refractivity contribution in [1.82, 2.24) is 4.98 Å². The zero-order valence-electron chi connectivity index (χ0n) is 14.6. The van der Waals surface area contributed by atoms with E-state index in [1.807, 2.05) is 29.6 Å². The van der Waals surface area contributed by atoms with E-state index in [-0.39, 0.29) is 29.4 Å². The number of thiazole rings is 1. The Morgan fingerprint density at radius 3 is 2.46 bits per heavy atom. The van der Waals surface area contributed by atoms with Gasteiger partial charge < -0.3 is 5.32 Å². The minimum absolute atomic E-state index is 0.0492. The van der Waals surface area contributed by atoms with E-state index in [1.54, 1.807) is 0 Å². The summed E-state index contributed by atoms with van der Waals surface area (Å²) in [6.45, 7) is 0. The van der Waals surface area contributed by atoms with Gasteiger partial charge in [-0.1, -0.05) is 28.1 Å². The number of rotatable bonds is 7. The van der Waals surface area contributed by atoms with Crippen LogP contribution in [0, 0.1) is 5.82 Å². The van der Waals surface area contributed by atoms with Gasteiger partial charge in [0.25, 0.3) is 0 Å². The van der Waals surface area contributed by atoms with Crippen molar-refractivity contribution in [3.05, 3.63) is 64.2 Å². The number of anilines is 1. The van der Waals surface area contributed by atoms with E-state index >= 15 is 0 Å². The van der Waals surface area contributed by atoms with Crippen molar-refractivity contribution in [2.45, 2.75) is 17.7 Å². The smallest absolute Gasteiger partial charge is 0.226 e. The average Bonchev–Trinajstić information content (AvgIpc) is 3.11. The Kier molecular flexibility index (Phi) is 6.58. The molecule has 3 rings (SSSR count). The predicted octanol–water partition coefficient (Wildman–Crippen LogP) is 4.90. The second-order valence-corrected chi connectivity index (χ2v) is 9.85. The van der Waals surface area contributed by atoms with Gasteiger partial charge in [0.05, 0.1) is 16.3 Å². The molecule has 9 heteroatoms. The third kappa shape index (κ3) is 5.46. The monoisotopic (exact) mass is 482 g/mol. The highest BCUT2D eigenvalue weighted by Gasteiger charge is 2.15. The van der Waals surface area contributed by atoms with E-state index < -0.39 is 15.7 Å². The number of sulfone groups is 1. The molecular weight excluding hydrogens is 467 g/mol. The molecule has 0 aliphatic rings. The lowest BCUT2D eigenvalue weighted by atomic mass is 10.2. The molecule has 0 fully saturated rings. The van der Waals surface area contributed by atoms with Crippen molar-refractivity contribution < 1.29 is 17.6 Å². The Morgan fingerprint density at radius 1 is 1.11 bits per heavy atom. The molecule has 1 heterocycles. The maximum absolute atomic E-state index is 12.9. The lowest BCUT2D eigenvalue weighted by Gasteiger charge is -2.05. The minimum atomic E-state index is -3.54. The molecule has 5 nitrogen and oxygen atoms in total. The molecule has 0 saturated carbocycles. The van der Waals surface area contributed by atoms with Crippen LogP contribution in [0.15, 0.2) is 63.3 Å². The van der Waals surface area contributed by atoms with Crippen LogP contribution in [0.5, 0.6) is 0 Å². The maximum Gasteiger partial charge on any atom is 0.226 e. The summed E-state index contributed by atoms with van der Waals surface area (Å²) in [5, 5.41) is 5.00. The van der Waals surface area contributed by atoms with Crippen LogP contribution in [-0.4, -0.2) is 25.1 Å². The van der Waals surface area contributed by atoms with Gasteiger partial charge in [0.2, 0.25) is 5.91 Å². The average molecular weight is 483 g/mol. The van der Waals surface area contributed by atoms with Crippen molar-refractivity contribution in [3.63, 3.8) is 0 Å². The second-order valence-electron chi connectivity index (χ2n) is 5.97. The summed E-state index contributed by atoms with van der Waals surface area (Å²) in [5.74, 6) is -0.982. The number of halogens is 2. The molecule has 0 bridgehead atoms. The summed E-state index contributed by atoms with van der Waals surface area (Å²) in [4.78, 5) is 16.5. The van der Waals surface area contributed by atoms with Gasteiger partial charge in [-0.05, 0) is 42.8 Å². The van der Waals surface area contributed by atoms with Crippen LogP contribution in [0.3, 0.4) is 0 Å². The van der Waals surface area contributed by atoms with Crippen LogP contribution >= 0.6 is 27.3 Å². The van der Waals surface area contributed by atoms with Crippen molar-refractivity contribution in [3.8, 4) is 11.3 Å². The Hall–Kier alpha value is -2.10. The molecule has 28 heavy (non-hydrogen) atoms. The zero-order valence-corrected chi connectivity index (χ0v) is 17.8. The third-order valence-electron chi connectivity index (χ3n) is 3.88. The quantitative estimate of drug-likeness (QED) is 0.485. The molecule has 0 atom stereocenters. The summed E-state index contributed by atoms with van der Waals surface area (Å²) in [6.07, 6.45) is 0.212. The van der Waals surface area contributed by atoms with Crippen molar-refractivity contribution >= 4 is 48.1 Å². The summed E-state index contributed by atoms with van der Waals surface area (Å²) in [7, 11) is -3.54. The van der Waals surface area contributed by atoms with E-state index in [1.165, 1.54) is 23.5 Å². The van der Waals surface area contributed by atoms with Gasteiger partial charge >= 0.3 is 0 Å². The second kappa shape index (κ2) is 8.93. The van der Waals surface area contributed by atoms with Gasteiger partial charge in [-0.2, -0.15) is 0 Å². The molecule has 2 aromatic carbocycles. The number of amides is 1. The Morgan fingerprint density at radius 2 is 1.79 bits per heavy atom. The molecule has 0 spiro atoms. The van der Waals surface area contributed by atoms with Crippen LogP contribution < -0.4 is 5.32 Å². The fourth-order valence-electron chi connectivity index (χ4n) is 2.45. The highest BCUT2D eigenvalue weighted by atomic mass is 79.9. The summed E-state index contributed by atoms with van der Waals surface area (Å²) < 4.78 is 38.3. The van der Waals surface area contributed by atoms with E-state index in [4.69, 9.17) is 0 Å². The number of benzene rings is 2. The van der Waals surface area contributed by atoms with E-state index in [0.717, 1.165) is 27.9 Å². The highest BCUT2D eigenvalue weighted by molar-refractivity contribution is 9.10. The molecule has 1 aromatic heterocycles. The van der Waals surface area contributed by atoms with Gasteiger partial charge in [-0.15, -0.1) is 11.3 Å². The molecule has 3 aromatic rings. The summed E-state index contributed by atoms with van der Waals surface area (Å²) >= 11 is 4.68. The van der Waals surface area contributed by atoms with Crippen LogP contribution in [-0.2, 0) is 14.6 Å². The molecule has 0 saturated heterocycles. The van der Waals surface area contributed by atoms with Crippen LogP contribution in [0.1, 0.15) is 12.8 Å². The van der Waals surface area contributed by atoms with Crippen molar-refractivity contribution in [1.29, 1.82) is 0 Å². The third-order valence-corrected chi connectivity index (χ3v) is 6.98. The Bertz CT molecular complexity index is 1070. The molecular formula is C19H16BrFN2O3S2. The zero-order chi connectivity index (χ0) is 20.1. The van der Waals surface area contributed by atoms with Crippen LogP contribution in [0.2, 0.25) is 0 Å². The van der Waals surface area contributed by atoms with Crippen LogP contribution in [0.25, 0.3) is 11.3 Å². The first kappa shape index (κ1) is 20.6. The highest BCUT2D eigenvalue weighted by Crippen LogP contribution is 2.26. The number of nitrogens with one attached hydrogen (secondary N) is 1. The van der Waals surface area contributed by atoms with Gasteiger partial charge in [0, 0.05) is 21.8 Å². The van der Waals surface area contributed by atoms with Crippen molar-refractivity contribution in [2.75, 3.05) is 11.1 Å². The van der Waals surface area contributed by atoms with E-state index in [2.05, 4.69) is 26.2 Å². The SMILES string of the molecule is O=C(CCCS(=O)(=O)c1ccc(F)cc1)Nc1nc(-c2ccc(Br)cc2)cs1. The number of hydrogen-bond donors (Lipinski definition) is 1. The topological polar surface area (TPSA) is 76.1 Å². The molecule has 0 aliphatic carbocycles. The van der Waals surface area contributed by atoms with Gasteiger partial charge in [-0.3, -0.25) is 4.79 Å². The normalized spacial score (nSPS) is 11.4. The number of hydrogen-bond acceptors (Lipinski definition) is 5. The lowest BCUT2D eigenvalue weighted by Crippen LogP contribution is -2.14. The largest absolute Gasteiger partial charge is 0.302 e. The first-order chi connectivity index (χ1) is 13.3. The fourth-order valence-corrected chi connectivity index (χ4v) is 4.76. The van der Waals surface area contributed by atoms with Crippen LogP contribution in [0.4, 0.5) is 9.52 Å². The van der Waals surface area contributed by atoms with Gasteiger partial charge in [0.1, 0.15) is 5.82 Å². The number of nitrogens with zero attached hydrogens (tertiary/aromatic N) is 1. The summed E-state index contributed by atoms with van der Waals surface area (Å²) in [6, 6.07) is 12.3. The molecule has 1 amide bonds. The predicted molar refractivity (Wildman–Crippen MR) is 112 cm³/mol. The molecule has 0 unspecified atom stereocenters. The molecule has 146 valence electrons. The standard InChI is InChI=1S/C19H16BrFN2O3S2/c20-14-5-3-13(4-6-14)17-12-27-19(22-17)23-18(24)2-1-11-28(25,26)16-9-7-15(21)8-10-16/h3-10,12H,1-2,11H2,(H,22,23,24). The number of carbonyl (C=O) groups is 1.